The van der Waals surface area contributed by atoms with E-state index in [1.165, 1.54) is 37.2 Å². The van der Waals surface area contributed by atoms with Gasteiger partial charge in [-0.25, -0.2) is 9.37 Å². The first-order chi connectivity index (χ1) is 16.5. The van der Waals surface area contributed by atoms with Crippen LogP contribution in [0.5, 0.6) is 0 Å². The van der Waals surface area contributed by atoms with Crippen LogP contribution in [0.4, 0.5) is 4.39 Å². The Morgan fingerprint density at radius 2 is 1.74 bits per heavy atom. The number of piperidine rings is 1. The van der Waals surface area contributed by atoms with Crippen molar-refractivity contribution in [1.82, 2.24) is 19.2 Å². The summed E-state index contributed by atoms with van der Waals surface area (Å²) in [6.45, 7) is 9.31. The number of imidazole rings is 1. The zero-order chi connectivity index (χ0) is 23.7. The lowest BCUT2D eigenvalue weighted by molar-refractivity contribution is 0.136. The third-order valence-electron chi connectivity index (χ3n) is 7.89. The van der Waals surface area contributed by atoms with E-state index in [1.54, 1.807) is 17.8 Å². The Kier molecular flexibility index (Phi) is 7.28. The van der Waals surface area contributed by atoms with E-state index in [0.717, 1.165) is 42.8 Å². The largest absolute Gasteiger partial charge is 0.304 e. The van der Waals surface area contributed by atoms with Gasteiger partial charge < -0.3 is 14.2 Å². The van der Waals surface area contributed by atoms with E-state index in [9.17, 15) is 0 Å². The third kappa shape index (κ3) is 5.05. The quantitative estimate of drug-likeness (QED) is 0.400. The summed E-state index contributed by atoms with van der Waals surface area (Å²) in [4.78, 5) is 11.1. The Labute approximate surface area is 207 Å². The van der Waals surface area contributed by atoms with Gasteiger partial charge in [-0.05, 0) is 108 Å². The molecule has 1 aromatic carbocycles. The van der Waals surface area contributed by atoms with E-state index in [-0.39, 0.29) is 5.82 Å². The van der Waals surface area contributed by atoms with E-state index in [0.29, 0.717) is 23.6 Å². The molecule has 34 heavy (non-hydrogen) atoms. The van der Waals surface area contributed by atoms with Crippen LogP contribution in [0.25, 0.3) is 16.9 Å². The molecule has 4 heterocycles. The van der Waals surface area contributed by atoms with Gasteiger partial charge in [0.1, 0.15) is 0 Å². The molecule has 4 nitrogen and oxygen atoms in total. The molecule has 0 aliphatic carbocycles. The molecule has 1 atom stereocenters. The highest BCUT2D eigenvalue weighted by atomic mass is 32.2. The highest BCUT2D eigenvalue weighted by Gasteiger charge is 2.28. The number of likely N-dealkylation sites (tertiary alicyclic amines) is 2. The van der Waals surface area contributed by atoms with Crippen LogP contribution in [0, 0.1) is 5.82 Å². The maximum Gasteiger partial charge on any atom is 0.173 e. The van der Waals surface area contributed by atoms with Crippen molar-refractivity contribution < 1.29 is 4.39 Å². The molecule has 5 rings (SSSR count). The summed E-state index contributed by atoms with van der Waals surface area (Å²) in [6.07, 6.45) is 12.2. The van der Waals surface area contributed by atoms with E-state index < -0.39 is 0 Å². The number of rotatable bonds is 5. The summed E-state index contributed by atoms with van der Waals surface area (Å²) < 4.78 is 17.0. The van der Waals surface area contributed by atoms with Crippen molar-refractivity contribution in [3.8, 4) is 11.3 Å². The van der Waals surface area contributed by atoms with Gasteiger partial charge in [-0.2, -0.15) is 0 Å². The van der Waals surface area contributed by atoms with Crippen molar-refractivity contribution in [3.05, 3.63) is 54.1 Å². The van der Waals surface area contributed by atoms with Crippen LogP contribution in [-0.2, 0) is 0 Å². The molecule has 182 valence electrons. The van der Waals surface area contributed by atoms with Gasteiger partial charge >= 0.3 is 0 Å². The first kappa shape index (κ1) is 23.8. The Morgan fingerprint density at radius 1 is 0.971 bits per heavy atom. The van der Waals surface area contributed by atoms with Gasteiger partial charge in [0.05, 0.1) is 5.69 Å². The van der Waals surface area contributed by atoms with E-state index in [4.69, 9.17) is 0 Å². The molecule has 0 N–H and O–H groups in total. The molecular formula is C28H37FN4S. The summed E-state index contributed by atoms with van der Waals surface area (Å²) in [7, 11) is 0. The average molecular weight is 481 g/mol. The molecule has 2 aromatic heterocycles. The normalized spacial score (nSPS) is 21.4. The topological polar surface area (TPSA) is 23.8 Å². The second kappa shape index (κ2) is 10.4. The minimum absolute atomic E-state index is 0.218. The van der Waals surface area contributed by atoms with Gasteiger partial charge in [0.2, 0.25) is 0 Å². The number of benzene rings is 1. The molecule has 0 bridgehead atoms. The molecule has 2 fully saturated rings. The smallest absolute Gasteiger partial charge is 0.173 e. The van der Waals surface area contributed by atoms with Crippen molar-refractivity contribution in [2.75, 3.05) is 32.4 Å². The summed E-state index contributed by atoms with van der Waals surface area (Å²) in [5.41, 5.74) is 3.37. The number of aromatic nitrogens is 2. The number of thioether (sulfide) groups is 1. The van der Waals surface area contributed by atoms with Gasteiger partial charge in [0, 0.05) is 34.9 Å². The number of hydrogen-bond acceptors (Lipinski definition) is 4. The monoisotopic (exact) mass is 480 g/mol. The lowest BCUT2D eigenvalue weighted by Gasteiger charge is -2.37. The van der Waals surface area contributed by atoms with Crippen LogP contribution in [0.3, 0.4) is 0 Å². The fourth-order valence-corrected chi connectivity index (χ4v) is 6.19. The Morgan fingerprint density at radius 3 is 2.44 bits per heavy atom. The van der Waals surface area contributed by atoms with Crippen molar-refractivity contribution in [2.45, 2.75) is 68.8 Å². The third-order valence-corrected chi connectivity index (χ3v) is 8.64. The second-order valence-corrected chi connectivity index (χ2v) is 11.1. The first-order valence-corrected chi connectivity index (χ1v) is 14.0. The number of pyridine rings is 1. The predicted octanol–water partition coefficient (Wildman–Crippen LogP) is 6.30. The highest BCUT2D eigenvalue weighted by molar-refractivity contribution is 7.98. The summed E-state index contributed by atoms with van der Waals surface area (Å²) in [5.74, 6) is 0.198. The fraction of sp³-hybridized carbons (Fsp3) is 0.536. The average Bonchev–Trinajstić information content (AvgIpc) is 3.14. The van der Waals surface area contributed by atoms with Crippen molar-refractivity contribution >= 4 is 17.4 Å². The van der Waals surface area contributed by atoms with Gasteiger partial charge in [-0.3, -0.25) is 0 Å². The van der Waals surface area contributed by atoms with Crippen molar-refractivity contribution in [3.63, 3.8) is 0 Å². The van der Waals surface area contributed by atoms with Gasteiger partial charge in [0.15, 0.2) is 11.5 Å². The van der Waals surface area contributed by atoms with E-state index >= 15 is 4.39 Å². The van der Waals surface area contributed by atoms with Crippen LogP contribution in [0.1, 0.15) is 57.4 Å². The molecule has 0 radical (unpaired) electrons. The van der Waals surface area contributed by atoms with Crippen LogP contribution in [-0.4, -0.2) is 63.7 Å². The number of nitrogens with zero attached hydrogens (tertiary/aromatic N) is 4. The summed E-state index contributed by atoms with van der Waals surface area (Å²) in [5, 5.41) is 0. The molecule has 2 saturated heterocycles. The number of fused-ring (bicyclic) bond motifs is 1. The van der Waals surface area contributed by atoms with Crippen LogP contribution in [0.15, 0.2) is 47.6 Å². The molecule has 0 saturated carbocycles. The minimum atomic E-state index is -0.218. The Bertz CT molecular complexity index is 1100. The maximum atomic E-state index is 15.1. The number of halogens is 1. The maximum absolute atomic E-state index is 15.1. The van der Waals surface area contributed by atoms with Crippen LogP contribution < -0.4 is 0 Å². The second-order valence-electron chi connectivity index (χ2n) is 10.2. The van der Waals surface area contributed by atoms with Crippen molar-refractivity contribution in [2.24, 2.45) is 0 Å². The van der Waals surface area contributed by atoms with Gasteiger partial charge in [-0.1, -0.05) is 12.1 Å². The molecule has 0 amide bonds. The fourth-order valence-electron chi connectivity index (χ4n) is 5.78. The zero-order valence-corrected chi connectivity index (χ0v) is 21.5. The Balaban J connectivity index is 1.27. The number of hydrogen-bond donors (Lipinski definition) is 0. The first-order valence-electron chi connectivity index (χ1n) is 12.8. The molecule has 2 aliphatic heterocycles. The van der Waals surface area contributed by atoms with Crippen molar-refractivity contribution in [1.29, 1.82) is 0 Å². The molecule has 3 aromatic rings. The van der Waals surface area contributed by atoms with E-state index in [1.807, 2.05) is 10.6 Å². The lowest BCUT2D eigenvalue weighted by Crippen LogP contribution is -2.41. The Hall–Kier alpha value is -1.89. The molecule has 0 spiro atoms. The molecule has 6 heteroatoms. The highest BCUT2D eigenvalue weighted by Crippen LogP contribution is 2.32. The SMILES string of the molecule is CSc1ccc(-c2cn3cc(C4CCN(C5CCCN(C(C)C)CC5)CC4)cc(F)c3n2)cc1. The predicted molar refractivity (Wildman–Crippen MR) is 140 cm³/mol. The summed E-state index contributed by atoms with van der Waals surface area (Å²) in [6, 6.07) is 11.4. The van der Waals surface area contributed by atoms with Crippen LogP contribution >= 0.6 is 11.8 Å². The minimum Gasteiger partial charge on any atom is -0.304 e. The van der Waals surface area contributed by atoms with Crippen LogP contribution in [0.2, 0.25) is 0 Å². The van der Waals surface area contributed by atoms with Gasteiger partial charge in [-0.15, -0.1) is 11.8 Å². The summed E-state index contributed by atoms with van der Waals surface area (Å²) >= 11 is 1.72. The molecular weight excluding hydrogens is 443 g/mol. The molecule has 2 aliphatic rings. The van der Waals surface area contributed by atoms with E-state index in [2.05, 4.69) is 65.3 Å². The lowest BCUT2D eigenvalue weighted by atomic mass is 9.89. The molecule has 1 unspecified atom stereocenters. The van der Waals surface area contributed by atoms with Gasteiger partial charge in [0.25, 0.3) is 0 Å². The zero-order valence-electron chi connectivity index (χ0n) is 20.7. The standard InChI is InChI=1S/C28H37FN4S/c1-20(2)31-13-4-5-24(12-16-31)32-14-10-21(11-15-32)23-17-26(29)28-30-27(19-33(28)18-23)22-6-8-25(34-3)9-7-22/h6-9,17-21,24H,4-5,10-16H2,1-3H3.